The number of rotatable bonds is 5. The average molecular weight is 197 g/mol. The van der Waals surface area contributed by atoms with Crippen LogP contribution in [0.25, 0.3) is 0 Å². The van der Waals surface area contributed by atoms with Gasteiger partial charge in [-0.15, -0.1) is 12.3 Å². The van der Waals surface area contributed by atoms with Gasteiger partial charge in [-0.2, -0.15) is 0 Å². The van der Waals surface area contributed by atoms with E-state index in [4.69, 9.17) is 11.5 Å². The smallest absolute Gasteiger partial charge is 0.305 e. The van der Waals surface area contributed by atoms with Crippen LogP contribution in [-0.4, -0.2) is 22.5 Å². The van der Waals surface area contributed by atoms with E-state index in [1.54, 1.807) is 13.8 Å². The molecule has 4 nitrogen and oxygen atoms in total. The summed E-state index contributed by atoms with van der Waals surface area (Å²) in [5.41, 5.74) is -0.725. The maximum Gasteiger partial charge on any atom is 0.305 e. The van der Waals surface area contributed by atoms with Crippen LogP contribution in [-0.2, 0) is 9.59 Å². The first-order valence-electron chi connectivity index (χ1n) is 4.33. The molecule has 0 aromatic rings. The number of carbonyl (C=O) groups excluding carboxylic acids is 1. The fraction of sp³-hybridized carbons (Fsp3) is 0.600. The van der Waals surface area contributed by atoms with E-state index in [-0.39, 0.29) is 18.7 Å². The van der Waals surface area contributed by atoms with E-state index >= 15 is 0 Å². The van der Waals surface area contributed by atoms with Crippen molar-refractivity contribution in [3.63, 3.8) is 0 Å². The lowest BCUT2D eigenvalue weighted by atomic mass is 10.0. The maximum atomic E-state index is 11.2. The summed E-state index contributed by atoms with van der Waals surface area (Å²) in [5, 5.41) is 11.2. The Morgan fingerprint density at radius 2 is 2.07 bits per heavy atom. The Labute approximate surface area is 83.7 Å². The van der Waals surface area contributed by atoms with E-state index in [0.717, 1.165) is 0 Å². The molecule has 14 heavy (non-hydrogen) atoms. The molecular formula is C10H15NO3. The van der Waals surface area contributed by atoms with Crippen LogP contribution in [0.2, 0.25) is 0 Å². The Morgan fingerprint density at radius 1 is 1.50 bits per heavy atom. The van der Waals surface area contributed by atoms with E-state index < -0.39 is 11.5 Å². The summed E-state index contributed by atoms with van der Waals surface area (Å²) in [4.78, 5) is 21.6. The van der Waals surface area contributed by atoms with E-state index in [1.165, 1.54) is 0 Å². The molecule has 0 unspecified atom stereocenters. The van der Waals surface area contributed by atoms with Gasteiger partial charge in [-0.25, -0.2) is 0 Å². The Balaban J connectivity index is 4.02. The van der Waals surface area contributed by atoms with Gasteiger partial charge in [0.05, 0.1) is 6.42 Å². The molecule has 0 saturated heterocycles. The van der Waals surface area contributed by atoms with Gasteiger partial charge in [0.2, 0.25) is 5.91 Å². The molecule has 4 heteroatoms. The highest BCUT2D eigenvalue weighted by molar-refractivity contribution is 5.78. The number of hydrogen-bond acceptors (Lipinski definition) is 2. The van der Waals surface area contributed by atoms with Crippen molar-refractivity contribution in [3.05, 3.63) is 0 Å². The lowest BCUT2D eigenvalue weighted by Crippen LogP contribution is -2.44. The fourth-order valence-electron chi connectivity index (χ4n) is 1.05. The standard InChI is InChI=1S/C10H15NO3/c1-4-5-6-8(12)11-10(2,3)7-9(13)14/h1H,5-7H2,2-3H3,(H,11,12)(H,13,14). The number of hydrogen-bond donors (Lipinski definition) is 2. The molecule has 0 aliphatic heterocycles. The summed E-state index contributed by atoms with van der Waals surface area (Å²) >= 11 is 0. The second-order valence-corrected chi connectivity index (χ2v) is 3.71. The molecule has 78 valence electrons. The summed E-state index contributed by atoms with van der Waals surface area (Å²) in [6, 6.07) is 0. The van der Waals surface area contributed by atoms with E-state index in [9.17, 15) is 9.59 Å². The van der Waals surface area contributed by atoms with Gasteiger partial charge in [0.15, 0.2) is 0 Å². The first-order chi connectivity index (χ1) is 6.37. The molecule has 0 bridgehead atoms. The van der Waals surface area contributed by atoms with Gasteiger partial charge in [-0.05, 0) is 13.8 Å². The van der Waals surface area contributed by atoms with Crippen LogP contribution >= 0.6 is 0 Å². The van der Waals surface area contributed by atoms with Crippen molar-refractivity contribution < 1.29 is 14.7 Å². The minimum Gasteiger partial charge on any atom is -0.481 e. The van der Waals surface area contributed by atoms with Gasteiger partial charge >= 0.3 is 5.97 Å². The highest BCUT2D eigenvalue weighted by Gasteiger charge is 2.23. The molecule has 0 aromatic carbocycles. The SMILES string of the molecule is C#CCCC(=O)NC(C)(C)CC(=O)O. The molecule has 0 spiro atoms. The van der Waals surface area contributed by atoms with E-state index in [2.05, 4.69) is 11.2 Å². The van der Waals surface area contributed by atoms with Gasteiger partial charge < -0.3 is 10.4 Å². The number of carboxylic acid groups (broad SMARTS) is 1. The van der Waals surface area contributed by atoms with E-state index in [0.29, 0.717) is 6.42 Å². The Bertz CT molecular complexity index is 263. The first-order valence-corrected chi connectivity index (χ1v) is 4.33. The number of aliphatic carboxylic acids is 1. The Morgan fingerprint density at radius 3 is 2.50 bits per heavy atom. The third-order valence-electron chi connectivity index (χ3n) is 1.57. The summed E-state index contributed by atoms with van der Waals surface area (Å²) in [6.07, 6.45) is 5.50. The molecule has 0 aromatic heterocycles. The summed E-state index contributed by atoms with van der Waals surface area (Å²) < 4.78 is 0. The van der Waals surface area contributed by atoms with Crippen LogP contribution in [0.3, 0.4) is 0 Å². The fourth-order valence-corrected chi connectivity index (χ4v) is 1.05. The van der Waals surface area contributed by atoms with Crippen LogP contribution in [0.1, 0.15) is 33.1 Å². The molecule has 0 heterocycles. The molecule has 0 atom stereocenters. The molecule has 0 fully saturated rings. The highest BCUT2D eigenvalue weighted by atomic mass is 16.4. The van der Waals surface area contributed by atoms with E-state index in [1.807, 2.05) is 0 Å². The minimum absolute atomic E-state index is 0.102. The molecular weight excluding hydrogens is 182 g/mol. The van der Waals surface area contributed by atoms with Crippen LogP contribution in [0, 0.1) is 12.3 Å². The zero-order valence-corrected chi connectivity index (χ0v) is 8.46. The molecule has 0 rings (SSSR count). The average Bonchev–Trinajstić information content (AvgIpc) is 1.96. The predicted molar refractivity (Wildman–Crippen MR) is 52.5 cm³/mol. The van der Waals surface area contributed by atoms with Crippen molar-refractivity contribution in [2.24, 2.45) is 0 Å². The Hall–Kier alpha value is -1.50. The third kappa shape index (κ3) is 6.06. The van der Waals surface area contributed by atoms with Gasteiger partial charge in [-0.1, -0.05) is 0 Å². The van der Waals surface area contributed by atoms with Gasteiger partial charge in [0.1, 0.15) is 0 Å². The largest absolute Gasteiger partial charge is 0.481 e. The van der Waals surface area contributed by atoms with Gasteiger partial charge in [-0.3, -0.25) is 9.59 Å². The van der Waals surface area contributed by atoms with Crippen LogP contribution < -0.4 is 5.32 Å². The molecule has 0 radical (unpaired) electrons. The van der Waals surface area contributed by atoms with Crippen molar-refractivity contribution in [2.75, 3.05) is 0 Å². The Kier molecular flexibility index (Phi) is 4.71. The maximum absolute atomic E-state index is 11.2. The zero-order valence-electron chi connectivity index (χ0n) is 8.46. The molecule has 0 saturated carbocycles. The summed E-state index contributed by atoms with van der Waals surface area (Å²) in [6.45, 7) is 3.32. The molecule has 0 aliphatic carbocycles. The zero-order chi connectivity index (χ0) is 11.2. The minimum atomic E-state index is -0.938. The molecule has 0 aliphatic rings. The second kappa shape index (κ2) is 5.28. The number of nitrogens with one attached hydrogen (secondary N) is 1. The van der Waals surface area contributed by atoms with Crippen molar-refractivity contribution in [3.8, 4) is 12.3 Å². The van der Waals surface area contributed by atoms with Gasteiger partial charge in [0, 0.05) is 18.4 Å². The molecule has 2 N–H and O–H groups in total. The summed E-state index contributed by atoms with van der Waals surface area (Å²) in [7, 11) is 0. The van der Waals surface area contributed by atoms with Crippen molar-refractivity contribution in [1.82, 2.24) is 5.32 Å². The number of carboxylic acids is 1. The predicted octanol–water partition coefficient (Wildman–Crippen LogP) is 0.769. The lowest BCUT2D eigenvalue weighted by molar-refractivity contribution is -0.138. The first kappa shape index (κ1) is 12.5. The van der Waals surface area contributed by atoms with Crippen molar-refractivity contribution in [2.45, 2.75) is 38.6 Å². The van der Waals surface area contributed by atoms with Crippen molar-refractivity contribution >= 4 is 11.9 Å². The van der Waals surface area contributed by atoms with Gasteiger partial charge in [0.25, 0.3) is 0 Å². The quantitative estimate of drug-likeness (QED) is 0.640. The molecule has 1 amide bonds. The highest BCUT2D eigenvalue weighted by Crippen LogP contribution is 2.08. The topological polar surface area (TPSA) is 66.4 Å². The number of carbonyl (C=O) groups is 2. The third-order valence-corrected chi connectivity index (χ3v) is 1.57. The normalized spacial score (nSPS) is 10.4. The monoisotopic (exact) mass is 197 g/mol. The number of amides is 1. The second-order valence-electron chi connectivity index (χ2n) is 3.71. The number of terminal acetylenes is 1. The summed E-state index contributed by atoms with van der Waals surface area (Å²) in [5.74, 6) is 1.20. The van der Waals surface area contributed by atoms with Crippen molar-refractivity contribution in [1.29, 1.82) is 0 Å². The van der Waals surface area contributed by atoms with Crippen LogP contribution in [0.4, 0.5) is 0 Å². The van der Waals surface area contributed by atoms with Crippen LogP contribution in [0.5, 0.6) is 0 Å². The lowest BCUT2D eigenvalue weighted by Gasteiger charge is -2.23. The van der Waals surface area contributed by atoms with Crippen LogP contribution in [0.15, 0.2) is 0 Å².